The quantitative estimate of drug-likeness (QED) is 0.443. The smallest absolute Gasteiger partial charge is 0.407 e. The van der Waals surface area contributed by atoms with Crippen molar-refractivity contribution >= 4 is 14.4 Å². The van der Waals surface area contributed by atoms with Gasteiger partial charge in [-0.2, -0.15) is 0 Å². The van der Waals surface area contributed by atoms with E-state index in [0.717, 1.165) is 31.3 Å². The van der Waals surface area contributed by atoms with Crippen LogP contribution in [0.25, 0.3) is 0 Å². The summed E-state index contributed by atoms with van der Waals surface area (Å²) in [6.07, 6.45) is 5.22. The molecule has 3 atom stereocenters. The number of carbonyl (C=O) groups excluding carboxylic acids is 1. The SMILES string of the molecule is CCCCC1=CC[C@H](O[Si](C)(C)C(C)(C)C)C[C@H](NC(=O)OC(C)(C)C)[C@@H]1O. The Morgan fingerprint density at radius 2 is 1.86 bits per heavy atom. The number of amides is 1. The molecule has 0 saturated heterocycles. The molecule has 28 heavy (non-hydrogen) atoms. The fourth-order valence-electron chi connectivity index (χ4n) is 3.09. The number of nitrogens with one attached hydrogen (secondary N) is 1. The number of hydrogen-bond acceptors (Lipinski definition) is 4. The van der Waals surface area contributed by atoms with Gasteiger partial charge < -0.3 is 19.6 Å². The summed E-state index contributed by atoms with van der Waals surface area (Å²) in [5.74, 6) is 0. The number of aliphatic hydroxyl groups excluding tert-OH is 1. The molecule has 0 aromatic heterocycles. The lowest BCUT2D eigenvalue weighted by molar-refractivity contribution is 0.0410. The van der Waals surface area contributed by atoms with Crippen LogP contribution in [0.1, 0.15) is 80.6 Å². The summed E-state index contributed by atoms with van der Waals surface area (Å²) >= 11 is 0. The molecule has 2 N–H and O–H groups in total. The molecule has 1 rings (SSSR count). The molecule has 0 saturated carbocycles. The van der Waals surface area contributed by atoms with Crippen molar-refractivity contribution in [3.8, 4) is 0 Å². The van der Waals surface area contributed by atoms with Crippen molar-refractivity contribution in [2.24, 2.45) is 0 Å². The third-order valence-corrected chi connectivity index (χ3v) is 10.2. The summed E-state index contributed by atoms with van der Waals surface area (Å²) in [5.41, 5.74) is 0.432. The van der Waals surface area contributed by atoms with Crippen molar-refractivity contribution in [2.75, 3.05) is 0 Å². The van der Waals surface area contributed by atoms with Crippen LogP contribution in [0.3, 0.4) is 0 Å². The maximum Gasteiger partial charge on any atom is 0.407 e. The molecular formula is C22H43NO4Si. The van der Waals surface area contributed by atoms with Crippen molar-refractivity contribution in [3.05, 3.63) is 11.6 Å². The second-order valence-corrected chi connectivity index (χ2v) is 15.3. The van der Waals surface area contributed by atoms with Crippen LogP contribution < -0.4 is 5.32 Å². The van der Waals surface area contributed by atoms with Crippen LogP contribution in [0.4, 0.5) is 4.79 Å². The number of hydrogen-bond donors (Lipinski definition) is 2. The summed E-state index contributed by atoms with van der Waals surface area (Å²) in [6, 6.07) is -0.407. The van der Waals surface area contributed by atoms with Crippen molar-refractivity contribution in [1.29, 1.82) is 0 Å². The molecule has 0 heterocycles. The first-order valence-corrected chi connectivity index (χ1v) is 13.6. The molecule has 0 bridgehead atoms. The summed E-state index contributed by atoms with van der Waals surface area (Å²) < 4.78 is 12.1. The topological polar surface area (TPSA) is 67.8 Å². The van der Waals surface area contributed by atoms with Crippen LogP contribution in [0.15, 0.2) is 11.6 Å². The van der Waals surface area contributed by atoms with Gasteiger partial charge in [0.2, 0.25) is 0 Å². The maximum atomic E-state index is 12.4. The number of ether oxygens (including phenoxy) is 1. The maximum absolute atomic E-state index is 12.4. The number of unbranched alkanes of at least 4 members (excludes halogenated alkanes) is 1. The molecule has 0 aromatic rings. The minimum absolute atomic E-state index is 0.0189. The van der Waals surface area contributed by atoms with Crippen molar-refractivity contribution in [1.82, 2.24) is 5.32 Å². The normalized spacial score (nSPS) is 24.4. The van der Waals surface area contributed by atoms with Gasteiger partial charge in [-0.15, -0.1) is 0 Å². The van der Waals surface area contributed by atoms with Crippen molar-refractivity contribution in [3.63, 3.8) is 0 Å². The molecule has 0 fully saturated rings. The Labute approximate surface area is 173 Å². The average molecular weight is 414 g/mol. The van der Waals surface area contributed by atoms with Gasteiger partial charge in [0.1, 0.15) is 5.60 Å². The van der Waals surface area contributed by atoms with Crippen molar-refractivity contribution in [2.45, 2.75) is 123 Å². The zero-order valence-corrected chi connectivity index (χ0v) is 20.5. The van der Waals surface area contributed by atoms with E-state index in [-0.39, 0.29) is 11.1 Å². The third-order valence-electron chi connectivity index (χ3n) is 5.71. The minimum Gasteiger partial charge on any atom is -0.444 e. The van der Waals surface area contributed by atoms with E-state index in [4.69, 9.17) is 9.16 Å². The van der Waals surface area contributed by atoms with E-state index in [1.165, 1.54) is 0 Å². The molecule has 5 nitrogen and oxygen atoms in total. The molecule has 164 valence electrons. The molecule has 0 spiro atoms. The highest BCUT2D eigenvalue weighted by molar-refractivity contribution is 6.74. The number of aliphatic hydroxyl groups is 1. The first kappa shape index (κ1) is 25.2. The van der Waals surface area contributed by atoms with Gasteiger partial charge >= 0.3 is 6.09 Å². The predicted octanol–water partition coefficient (Wildman–Crippen LogP) is 5.54. The summed E-state index contributed by atoms with van der Waals surface area (Å²) in [5, 5.41) is 14.0. The highest BCUT2D eigenvalue weighted by atomic mass is 28.4. The first-order chi connectivity index (χ1) is 12.7. The number of carbonyl (C=O) groups is 1. The van der Waals surface area contributed by atoms with Crippen molar-refractivity contribution < 1.29 is 19.1 Å². The van der Waals surface area contributed by atoms with E-state index in [9.17, 15) is 9.90 Å². The zero-order chi connectivity index (χ0) is 21.8. The summed E-state index contributed by atoms with van der Waals surface area (Å²) in [7, 11) is -1.95. The Morgan fingerprint density at radius 3 is 2.36 bits per heavy atom. The minimum atomic E-state index is -1.95. The lowest BCUT2D eigenvalue weighted by Crippen LogP contribution is -2.49. The van der Waals surface area contributed by atoms with Gasteiger partial charge in [0.15, 0.2) is 8.32 Å². The molecule has 0 aromatic carbocycles. The highest BCUT2D eigenvalue weighted by Crippen LogP contribution is 2.39. The van der Waals surface area contributed by atoms with Crippen LogP contribution in [-0.2, 0) is 9.16 Å². The molecule has 1 amide bonds. The Morgan fingerprint density at radius 1 is 1.25 bits per heavy atom. The van der Waals surface area contributed by atoms with E-state index in [1.54, 1.807) is 0 Å². The van der Waals surface area contributed by atoms with Crippen LogP contribution in [0.5, 0.6) is 0 Å². The molecule has 0 aliphatic heterocycles. The Bertz CT molecular complexity index is 546. The standard InChI is InChI=1S/C22H43NO4Si/c1-10-11-12-16-13-14-17(27-28(8,9)22(5,6)7)15-18(19(16)24)23-20(25)26-21(2,3)4/h13,17-19,24H,10-12,14-15H2,1-9H3,(H,23,25)/t17-,18-,19+/m0/s1. The average Bonchev–Trinajstić information content (AvgIpc) is 2.62. The Kier molecular flexibility index (Phi) is 8.78. The van der Waals surface area contributed by atoms with Gasteiger partial charge in [0.25, 0.3) is 0 Å². The highest BCUT2D eigenvalue weighted by Gasteiger charge is 2.41. The second-order valence-electron chi connectivity index (χ2n) is 10.6. The molecular weight excluding hydrogens is 370 g/mol. The van der Waals surface area contributed by atoms with E-state index in [2.05, 4.69) is 52.2 Å². The third kappa shape index (κ3) is 7.88. The Hall–Kier alpha value is -0.853. The van der Waals surface area contributed by atoms with E-state index in [1.807, 2.05) is 20.8 Å². The largest absolute Gasteiger partial charge is 0.444 e. The van der Waals surface area contributed by atoms with Gasteiger partial charge in [-0.3, -0.25) is 0 Å². The molecule has 6 heteroatoms. The lowest BCUT2D eigenvalue weighted by Gasteiger charge is -2.39. The van der Waals surface area contributed by atoms with Crippen LogP contribution in [0, 0.1) is 0 Å². The van der Waals surface area contributed by atoms with Gasteiger partial charge in [-0.05, 0) is 70.2 Å². The molecule has 1 aliphatic carbocycles. The summed E-state index contributed by atoms with van der Waals surface area (Å²) in [6.45, 7) is 18.8. The monoisotopic (exact) mass is 413 g/mol. The fourth-order valence-corrected chi connectivity index (χ4v) is 4.47. The van der Waals surface area contributed by atoms with Gasteiger partial charge in [-0.25, -0.2) is 4.79 Å². The second kappa shape index (κ2) is 9.77. The van der Waals surface area contributed by atoms with Gasteiger partial charge in [-0.1, -0.05) is 40.2 Å². The first-order valence-electron chi connectivity index (χ1n) is 10.7. The summed E-state index contributed by atoms with van der Waals surface area (Å²) in [4.78, 5) is 12.4. The Balaban J connectivity index is 3.00. The number of rotatable bonds is 6. The van der Waals surface area contributed by atoms with Crippen LogP contribution in [0.2, 0.25) is 18.1 Å². The van der Waals surface area contributed by atoms with Crippen LogP contribution >= 0.6 is 0 Å². The lowest BCUT2D eigenvalue weighted by atomic mass is 9.97. The van der Waals surface area contributed by atoms with Gasteiger partial charge in [0, 0.05) is 0 Å². The predicted molar refractivity (Wildman–Crippen MR) is 118 cm³/mol. The van der Waals surface area contributed by atoms with Gasteiger partial charge in [0.05, 0.1) is 18.2 Å². The van der Waals surface area contributed by atoms with E-state index < -0.39 is 32.2 Å². The van der Waals surface area contributed by atoms with E-state index in [0.29, 0.717) is 6.42 Å². The fraction of sp³-hybridized carbons (Fsp3) is 0.864. The van der Waals surface area contributed by atoms with E-state index >= 15 is 0 Å². The molecule has 0 radical (unpaired) electrons. The molecule has 1 aliphatic rings. The molecule has 0 unspecified atom stereocenters. The number of alkyl carbamates (subject to hydrolysis) is 1. The zero-order valence-electron chi connectivity index (χ0n) is 19.5. The van der Waals surface area contributed by atoms with Crippen LogP contribution in [-0.4, -0.2) is 43.4 Å².